The fraction of sp³-hybridized carbons (Fsp3) is 0.308. The van der Waals surface area contributed by atoms with Crippen LogP contribution in [0.25, 0.3) is 11.4 Å². The van der Waals surface area contributed by atoms with Gasteiger partial charge in [-0.2, -0.15) is 0 Å². The van der Waals surface area contributed by atoms with E-state index in [1.807, 2.05) is 17.6 Å². The van der Waals surface area contributed by atoms with Crippen LogP contribution in [0.3, 0.4) is 0 Å². The topological polar surface area (TPSA) is 68.0 Å². The molecule has 2 rings (SSSR count). The Balaban J connectivity index is 2.41. The molecule has 0 atom stereocenters. The molecule has 0 radical (unpaired) electrons. The van der Waals surface area contributed by atoms with Crippen LogP contribution in [0.2, 0.25) is 5.02 Å². The SMILES string of the molecule is CCCn1c(SCC(=O)O)nnc1-c1ccc(Cl)cc1Br. The molecule has 2 aromatic rings. The van der Waals surface area contributed by atoms with Crippen molar-refractivity contribution in [2.24, 2.45) is 0 Å². The van der Waals surface area contributed by atoms with Gasteiger partial charge in [0.1, 0.15) is 0 Å². The summed E-state index contributed by atoms with van der Waals surface area (Å²) in [5.74, 6) is -0.211. The van der Waals surface area contributed by atoms with E-state index in [1.54, 1.807) is 12.1 Å². The number of nitrogens with zero attached hydrogens (tertiary/aromatic N) is 3. The molecule has 0 bridgehead atoms. The number of carbonyl (C=O) groups is 1. The molecule has 8 heteroatoms. The zero-order valence-corrected chi connectivity index (χ0v) is 14.4. The second-order valence-corrected chi connectivity index (χ2v) is 6.50. The quantitative estimate of drug-likeness (QED) is 0.756. The van der Waals surface area contributed by atoms with Crippen LogP contribution in [-0.2, 0) is 11.3 Å². The number of hydrogen-bond acceptors (Lipinski definition) is 4. The van der Waals surface area contributed by atoms with Gasteiger partial charge in [0.25, 0.3) is 0 Å². The minimum absolute atomic E-state index is 0.0381. The van der Waals surface area contributed by atoms with Gasteiger partial charge in [0.2, 0.25) is 0 Å². The van der Waals surface area contributed by atoms with Gasteiger partial charge < -0.3 is 9.67 Å². The van der Waals surface area contributed by atoms with Crippen LogP contribution in [0.15, 0.2) is 27.8 Å². The number of carboxylic acids is 1. The molecule has 5 nitrogen and oxygen atoms in total. The molecule has 0 aliphatic heterocycles. The van der Waals surface area contributed by atoms with Gasteiger partial charge in [-0.3, -0.25) is 4.79 Å². The highest BCUT2D eigenvalue weighted by Gasteiger charge is 2.16. The molecule has 0 saturated carbocycles. The predicted octanol–water partition coefficient (Wildman–Crippen LogP) is 3.95. The highest BCUT2D eigenvalue weighted by atomic mass is 79.9. The molecule has 0 unspecified atom stereocenters. The summed E-state index contributed by atoms with van der Waals surface area (Å²) in [6, 6.07) is 5.46. The molecular formula is C13H13BrClN3O2S. The number of aromatic nitrogens is 3. The van der Waals surface area contributed by atoms with Crippen LogP contribution >= 0.6 is 39.3 Å². The van der Waals surface area contributed by atoms with E-state index in [0.717, 1.165) is 23.0 Å². The van der Waals surface area contributed by atoms with Gasteiger partial charge >= 0.3 is 5.97 Å². The first kappa shape index (κ1) is 16.3. The van der Waals surface area contributed by atoms with Gasteiger partial charge in [-0.15, -0.1) is 10.2 Å². The molecule has 0 aliphatic rings. The van der Waals surface area contributed by atoms with E-state index in [0.29, 0.717) is 16.0 Å². The van der Waals surface area contributed by atoms with Crippen LogP contribution in [0, 0.1) is 0 Å². The van der Waals surface area contributed by atoms with Crippen LogP contribution in [0.1, 0.15) is 13.3 Å². The lowest BCUT2D eigenvalue weighted by atomic mass is 10.2. The second-order valence-electron chi connectivity index (χ2n) is 4.26. The lowest BCUT2D eigenvalue weighted by Gasteiger charge is -2.09. The minimum atomic E-state index is -0.875. The molecule has 0 spiro atoms. The third-order valence-electron chi connectivity index (χ3n) is 2.66. The summed E-state index contributed by atoms with van der Waals surface area (Å²) in [6.07, 6.45) is 0.900. The number of thioether (sulfide) groups is 1. The smallest absolute Gasteiger partial charge is 0.313 e. The fourth-order valence-corrected chi connectivity index (χ4v) is 3.36. The van der Waals surface area contributed by atoms with E-state index < -0.39 is 5.97 Å². The van der Waals surface area contributed by atoms with E-state index in [4.69, 9.17) is 16.7 Å². The normalized spacial score (nSPS) is 10.8. The van der Waals surface area contributed by atoms with Crippen molar-refractivity contribution in [2.45, 2.75) is 25.0 Å². The maximum Gasteiger partial charge on any atom is 0.313 e. The van der Waals surface area contributed by atoms with Crippen molar-refractivity contribution in [3.63, 3.8) is 0 Å². The van der Waals surface area contributed by atoms with E-state index in [2.05, 4.69) is 26.1 Å². The van der Waals surface area contributed by atoms with Crippen LogP contribution in [0.5, 0.6) is 0 Å². The highest BCUT2D eigenvalue weighted by Crippen LogP contribution is 2.31. The Morgan fingerprint density at radius 2 is 2.24 bits per heavy atom. The molecule has 0 aliphatic carbocycles. The molecule has 1 heterocycles. The summed E-state index contributed by atoms with van der Waals surface area (Å²) < 4.78 is 2.76. The Kier molecular flexibility index (Phi) is 5.66. The van der Waals surface area contributed by atoms with Crippen LogP contribution in [-0.4, -0.2) is 31.6 Å². The molecule has 0 amide bonds. The van der Waals surface area contributed by atoms with E-state index in [-0.39, 0.29) is 5.75 Å². The van der Waals surface area contributed by atoms with Gasteiger partial charge in [0.05, 0.1) is 5.75 Å². The largest absolute Gasteiger partial charge is 0.481 e. The van der Waals surface area contributed by atoms with Gasteiger partial charge in [0.15, 0.2) is 11.0 Å². The van der Waals surface area contributed by atoms with Crippen molar-refractivity contribution < 1.29 is 9.90 Å². The van der Waals surface area contributed by atoms with Crippen LogP contribution < -0.4 is 0 Å². The van der Waals surface area contributed by atoms with E-state index in [1.165, 1.54) is 11.8 Å². The standard InChI is InChI=1S/C13H13BrClN3O2S/c1-2-5-18-12(9-4-3-8(15)6-10(9)14)16-17-13(18)21-7-11(19)20/h3-4,6H,2,5,7H2,1H3,(H,19,20). The van der Waals surface area contributed by atoms with Gasteiger partial charge in [-0.25, -0.2) is 0 Å². The highest BCUT2D eigenvalue weighted by molar-refractivity contribution is 9.10. The average Bonchev–Trinajstić information content (AvgIpc) is 2.80. The molecule has 1 aromatic heterocycles. The van der Waals surface area contributed by atoms with E-state index >= 15 is 0 Å². The Morgan fingerprint density at radius 1 is 1.48 bits per heavy atom. The average molecular weight is 391 g/mol. The summed E-state index contributed by atoms with van der Waals surface area (Å²) in [7, 11) is 0. The fourth-order valence-electron chi connectivity index (χ4n) is 1.82. The zero-order chi connectivity index (χ0) is 15.4. The number of aliphatic carboxylic acids is 1. The molecule has 1 N–H and O–H groups in total. The van der Waals surface area contributed by atoms with Gasteiger partial charge in [-0.1, -0.05) is 30.3 Å². The summed E-state index contributed by atoms with van der Waals surface area (Å²) in [5.41, 5.74) is 0.877. The summed E-state index contributed by atoms with van der Waals surface area (Å²) in [5, 5.41) is 18.3. The maximum absolute atomic E-state index is 10.7. The molecule has 0 fully saturated rings. The lowest BCUT2D eigenvalue weighted by molar-refractivity contribution is -0.133. The molecule has 112 valence electrons. The van der Waals surface area contributed by atoms with Crippen molar-refractivity contribution in [3.8, 4) is 11.4 Å². The van der Waals surface area contributed by atoms with Gasteiger partial charge in [-0.05, 0) is 40.5 Å². The third-order valence-corrected chi connectivity index (χ3v) is 4.50. The summed E-state index contributed by atoms with van der Waals surface area (Å²) in [4.78, 5) is 10.7. The first-order valence-corrected chi connectivity index (χ1v) is 8.41. The Morgan fingerprint density at radius 3 is 2.86 bits per heavy atom. The zero-order valence-electron chi connectivity index (χ0n) is 11.2. The van der Waals surface area contributed by atoms with Crippen molar-refractivity contribution in [1.29, 1.82) is 0 Å². The van der Waals surface area contributed by atoms with Crippen molar-refractivity contribution >= 4 is 45.3 Å². The maximum atomic E-state index is 10.7. The number of rotatable bonds is 6. The number of carboxylic acid groups (broad SMARTS) is 1. The molecule has 21 heavy (non-hydrogen) atoms. The molecular weight excluding hydrogens is 378 g/mol. The summed E-state index contributed by atoms with van der Waals surface area (Å²) in [6.45, 7) is 2.77. The molecule has 0 saturated heterocycles. The first-order valence-electron chi connectivity index (χ1n) is 6.26. The number of benzene rings is 1. The second kappa shape index (κ2) is 7.29. The van der Waals surface area contributed by atoms with Crippen LogP contribution in [0.4, 0.5) is 0 Å². The van der Waals surface area contributed by atoms with Gasteiger partial charge in [0, 0.05) is 21.6 Å². The summed E-state index contributed by atoms with van der Waals surface area (Å²) >= 11 is 10.6. The predicted molar refractivity (Wildman–Crippen MR) is 86.8 cm³/mol. The minimum Gasteiger partial charge on any atom is -0.481 e. The van der Waals surface area contributed by atoms with Crippen molar-refractivity contribution in [1.82, 2.24) is 14.8 Å². The Hall–Kier alpha value is -1.05. The molecule has 1 aromatic carbocycles. The number of hydrogen-bond donors (Lipinski definition) is 1. The van der Waals surface area contributed by atoms with Crippen molar-refractivity contribution in [3.05, 3.63) is 27.7 Å². The first-order chi connectivity index (χ1) is 10.0. The van der Waals surface area contributed by atoms with E-state index in [9.17, 15) is 4.79 Å². The number of halogens is 2. The third kappa shape index (κ3) is 3.99. The van der Waals surface area contributed by atoms with Crippen molar-refractivity contribution in [2.75, 3.05) is 5.75 Å². The lowest BCUT2D eigenvalue weighted by Crippen LogP contribution is -2.04. The Labute approximate surface area is 139 Å². The monoisotopic (exact) mass is 389 g/mol. The Bertz CT molecular complexity index is 663.